The van der Waals surface area contributed by atoms with Gasteiger partial charge in [0, 0.05) is 23.1 Å². The molecule has 1 amide bonds. The van der Waals surface area contributed by atoms with E-state index >= 15 is 0 Å². The summed E-state index contributed by atoms with van der Waals surface area (Å²) < 4.78 is 13.8. The van der Waals surface area contributed by atoms with Gasteiger partial charge in [-0.1, -0.05) is 29.8 Å². The number of aryl methyl sites for hydroxylation is 1. The number of benzene rings is 2. The van der Waals surface area contributed by atoms with Crippen molar-refractivity contribution in [2.75, 3.05) is 6.54 Å². The fourth-order valence-corrected chi connectivity index (χ4v) is 3.16. The fourth-order valence-electron chi connectivity index (χ4n) is 3.16. The summed E-state index contributed by atoms with van der Waals surface area (Å²) in [6.07, 6.45) is 0.730. The standard InChI is InChI=1S/C18H15FN2O/c1-10-2-4-11(5-3-10)17-13-6-7-20-18(22)14-8-12(19)9-15(21-17)16(13)14/h2-5,8-9,21H,6-7H2,1H3,(H,20,22). The average Bonchev–Trinajstić information content (AvgIpc) is 2.76. The summed E-state index contributed by atoms with van der Waals surface area (Å²) in [5, 5.41) is 3.67. The molecule has 0 fully saturated rings. The van der Waals surface area contributed by atoms with Gasteiger partial charge in [0.05, 0.1) is 5.56 Å². The minimum Gasteiger partial charge on any atom is -0.354 e. The van der Waals surface area contributed by atoms with E-state index in [1.165, 1.54) is 17.7 Å². The highest BCUT2D eigenvalue weighted by Gasteiger charge is 2.23. The highest BCUT2D eigenvalue weighted by molar-refractivity contribution is 6.10. The van der Waals surface area contributed by atoms with Gasteiger partial charge in [0.1, 0.15) is 5.82 Å². The maximum atomic E-state index is 13.8. The Morgan fingerprint density at radius 1 is 1.14 bits per heavy atom. The number of amides is 1. The fraction of sp³-hybridized carbons (Fsp3) is 0.167. The largest absolute Gasteiger partial charge is 0.354 e. The van der Waals surface area contributed by atoms with E-state index in [0.717, 1.165) is 28.6 Å². The number of nitrogens with one attached hydrogen (secondary N) is 2. The second-order valence-corrected chi connectivity index (χ2v) is 5.73. The Bertz CT molecular complexity index is 894. The topological polar surface area (TPSA) is 44.9 Å². The first-order valence-corrected chi connectivity index (χ1v) is 7.33. The summed E-state index contributed by atoms with van der Waals surface area (Å²) in [5.41, 5.74) is 5.38. The molecule has 0 atom stereocenters. The Morgan fingerprint density at radius 3 is 2.68 bits per heavy atom. The summed E-state index contributed by atoms with van der Waals surface area (Å²) >= 11 is 0. The zero-order valence-corrected chi connectivity index (χ0v) is 12.2. The Morgan fingerprint density at radius 2 is 1.91 bits per heavy atom. The second kappa shape index (κ2) is 4.70. The molecule has 0 saturated carbocycles. The van der Waals surface area contributed by atoms with Gasteiger partial charge in [-0.05, 0) is 36.6 Å². The summed E-state index contributed by atoms with van der Waals surface area (Å²) in [7, 11) is 0. The number of aromatic amines is 1. The number of carbonyl (C=O) groups excluding carboxylic acids is 1. The van der Waals surface area contributed by atoms with Gasteiger partial charge < -0.3 is 10.3 Å². The van der Waals surface area contributed by atoms with Crippen LogP contribution in [-0.2, 0) is 6.42 Å². The molecule has 1 aliphatic heterocycles. The molecule has 0 spiro atoms. The van der Waals surface area contributed by atoms with Crippen LogP contribution in [-0.4, -0.2) is 17.4 Å². The van der Waals surface area contributed by atoms with E-state index in [1.54, 1.807) is 0 Å². The highest BCUT2D eigenvalue weighted by atomic mass is 19.1. The van der Waals surface area contributed by atoms with Crippen LogP contribution < -0.4 is 5.32 Å². The average molecular weight is 294 g/mol. The molecule has 0 bridgehead atoms. The Balaban J connectivity index is 2.04. The Labute approximate surface area is 127 Å². The molecule has 1 aromatic heterocycles. The lowest BCUT2D eigenvalue weighted by molar-refractivity contribution is 0.0957. The number of halogens is 1. The summed E-state index contributed by atoms with van der Waals surface area (Å²) in [5.74, 6) is -0.611. The second-order valence-electron chi connectivity index (χ2n) is 5.73. The zero-order valence-electron chi connectivity index (χ0n) is 12.2. The number of hydrogen-bond acceptors (Lipinski definition) is 1. The molecular weight excluding hydrogens is 279 g/mol. The molecular formula is C18H15FN2O. The van der Waals surface area contributed by atoms with Crippen LogP contribution in [0.4, 0.5) is 4.39 Å². The molecule has 4 heteroatoms. The van der Waals surface area contributed by atoms with E-state index in [2.05, 4.69) is 22.4 Å². The quantitative estimate of drug-likeness (QED) is 0.708. The van der Waals surface area contributed by atoms with E-state index < -0.39 is 5.82 Å². The first-order valence-electron chi connectivity index (χ1n) is 7.33. The van der Waals surface area contributed by atoms with E-state index in [-0.39, 0.29) is 5.91 Å². The van der Waals surface area contributed by atoms with Crippen molar-refractivity contribution < 1.29 is 9.18 Å². The van der Waals surface area contributed by atoms with Crippen molar-refractivity contribution >= 4 is 16.8 Å². The maximum Gasteiger partial charge on any atom is 0.252 e. The number of aromatic nitrogens is 1. The summed E-state index contributed by atoms with van der Waals surface area (Å²) in [4.78, 5) is 15.4. The van der Waals surface area contributed by atoms with Crippen LogP contribution in [0.1, 0.15) is 21.5 Å². The van der Waals surface area contributed by atoms with Crippen LogP contribution >= 0.6 is 0 Å². The third kappa shape index (κ3) is 1.91. The molecule has 3 nitrogen and oxygen atoms in total. The first-order chi connectivity index (χ1) is 10.6. The molecule has 4 rings (SSSR count). The Hall–Kier alpha value is -2.62. The van der Waals surface area contributed by atoms with Gasteiger partial charge in [-0.3, -0.25) is 4.79 Å². The van der Waals surface area contributed by atoms with Crippen molar-refractivity contribution in [1.82, 2.24) is 10.3 Å². The summed E-state index contributed by atoms with van der Waals surface area (Å²) in [6, 6.07) is 11.0. The molecule has 0 saturated heterocycles. The number of rotatable bonds is 1. The zero-order chi connectivity index (χ0) is 15.3. The van der Waals surface area contributed by atoms with Gasteiger partial charge in [0.25, 0.3) is 5.91 Å². The van der Waals surface area contributed by atoms with Gasteiger partial charge in [-0.15, -0.1) is 0 Å². The van der Waals surface area contributed by atoms with Crippen molar-refractivity contribution in [3.8, 4) is 11.3 Å². The van der Waals surface area contributed by atoms with Gasteiger partial charge in [-0.25, -0.2) is 4.39 Å². The molecule has 3 aromatic rings. The van der Waals surface area contributed by atoms with Crippen LogP contribution in [0.5, 0.6) is 0 Å². The van der Waals surface area contributed by atoms with Gasteiger partial charge >= 0.3 is 0 Å². The van der Waals surface area contributed by atoms with Crippen LogP contribution in [0.15, 0.2) is 36.4 Å². The van der Waals surface area contributed by atoms with Crippen molar-refractivity contribution in [3.05, 3.63) is 58.9 Å². The van der Waals surface area contributed by atoms with Crippen LogP contribution in [0, 0.1) is 12.7 Å². The summed E-state index contributed by atoms with van der Waals surface area (Å²) in [6.45, 7) is 2.60. The lowest BCUT2D eigenvalue weighted by Crippen LogP contribution is -2.23. The predicted molar refractivity (Wildman–Crippen MR) is 84.5 cm³/mol. The predicted octanol–water partition coefficient (Wildman–Crippen LogP) is 3.57. The minimum atomic E-state index is -0.400. The number of hydrogen-bond donors (Lipinski definition) is 2. The monoisotopic (exact) mass is 294 g/mol. The van der Waals surface area contributed by atoms with Crippen molar-refractivity contribution in [3.63, 3.8) is 0 Å². The smallest absolute Gasteiger partial charge is 0.252 e. The normalized spacial score (nSPS) is 14.0. The van der Waals surface area contributed by atoms with Crippen molar-refractivity contribution in [2.24, 2.45) is 0 Å². The maximum absolute atomic E-state index is 13.8. The third-order valence-electron chi connectivity index (χ3n) is 4.21. The minimum absolute atomic E-state index is 0.210. The molecule has 2 heterocycles. The van der Waals surface area contributed by atoms with E-state index in [0.29, 0.717) is 17.6 Å². The van der Waals surface area contributed by atoms with E-state index in [1.807, 2.05) is 19.1 Å². The van der Waals surface area contributed by atoms with E-state index in [4.69, 9.17) is 0 Å². The molecule has 22 heavy (non-hydrogen) atoms. The third-order valence-corrected chi connectivity index (χ3v) is 4.21. The van der Waals surface area contributed by atoms with E-state index in [9.17, 15) is 9.18 Å². The molecule has 1 aliphatic rings. The number of H-pyrrole nitrogens is 1. The lowest BCUT2D eigenvalue weighted by Gasteiger charge is -2.04. The van der Waals surface area contributed by atoms with Crippen molar-refractivity contribution in [1.29, 1.82) is 0 Å². The van der Waals surface area contributed by atoms with Crippen LogP contribution in [0.2, 0.25) is 0 Å². The van der Waals surface area contributed by atoms with Gasteiger partial charge in [0.15, 0.2) is 0 Å². The molecule has 0 aliphatic carbocycles. The lowest BCUT2D eigenvalue weighted by atomic mass is 10.00. The van der Waals surface area contributed by atoms with Crippen LogP contribution in [0.3, 0.4) is 0 Å². The molecule has 2 aromatic carbocycles. The van der Waals surface area contributed by atoms with Gasteiger partial charge in [0.2, 0.25) is 0 Å². The number of carbonyl (C=O) groups is 1. The van der Waals surface area contributed by atoms with Crippen LogP contribution in [0.25, 0.3) is 22.2 Å². The molecule has 2 N–H and O–H groups in total. The Kier molecular flexibility index (Phi) is 2.79. The van der Waals surface area contributed by atoms with Gasteiger partial charge in [-0.2, -0.15) is 0 Å². The highest BCUT2D eigenvalue weighted by Crippen LogP contribution is 2.34. The molecule has 0 unspecified atom stereocenters. The SMILES string of the molecule is Cc1ccc(-c2[nH]c3cc(F)cc4c3c2CCNC4=O)cc1. The first kappa shape index (κ1) is 13.1. The molecule has 0 radical (unpaired) electrons. The van der Waals surface area contributed by atoms with Crippen molar-refractivity contribution in [2.45, 2.75) is 13.3 Å². The molecule has 110 valence electrons.